The minimum absolute atomic E-state index is 0.0822. The Hall–Kier alpha value is -2.77. The zero-order chi connectivity index (χ0) is 14.7. The number of para-hydroxylation sites is 1. The summed E-state index contributed by atoms with van der Waals surface area (Å²) in [5.41, 5.74) is 5.17. The number of nitrogen functional groups attached to an aromatic ring is 1. The van der Waals surface area contributed by atoms with Gasteiger partial charge in [0.05, 0.1) is 5.69 Å². The highest BCUT2D eigenvalue weighted by Crippen LogP contribution is 2.32. The first-order chi connectivity index (χ1) is 9.49. The van der Waals surface area contributed by atoms with E-state index in [4.69, 9.17) is 10.8 Å². The van der Waals surface area contributed by atoms with E-state index in [9.17, 15) is 13.6 Å². The number of carboxylic acid groups (broad SMARTS) is 1. The van der Waals surface area contributed by atoms with Crippen LogP contribution in [0.1, 0.15) is 10.4 Å². The molecule has 0 fully saturated rings. The van der Waals surface area contributed by atoms with Crippen LogP contribution in [0.3, 0.4) is 0 Å². The number of alkyl halides is 2. The van der Waals surface area contributed by atoms with Gasteiger partial charge in [-0.1, -0.05) is 12.1 Å². The van der Waals surface area contributed by atoms with Crippen molar-refractivity contribution in [2.24, 2.45) is 0 Å². The number of benzene rings is 1. The van der Waals surface area contributed by atoms with Crippen LogP contribution in [-0.2, 0) is 0 Å². The molecule has 0 bridgehead atoms. The number of aromatic carboxylic acids is 1. The molecule has 0 radical (unpaired) electrons. The quantitative estimate of drug-likeness (QED) is 0.889. The van der Waals surface area contributed by atoms with Crippen LogP contribution in [0, 0.1) is 0 Å². The molecule has 104 valence electrons. The highest BCUT2D eigenvalue weighted by Gasteiger charge is 2.19. The monoisotopic (exact) mass is 281 g/mol. The summed E-state index contributed by atoms with van der Waals surface area (Å²) in [7, 11) is 0. The largest absolute Gasteiger partial charge is 0.478 e. The van der Waals surface area contributed by atoms with Gasteiger partial charge >= 0.3 is 12.6 Å². The lowest BCUT2D eigenvalue weighted by molar-refractivity contribution is -0.0494. The minimum atomic E-state index is -3.04. The fraction of sp³-hybridized carbons (Fsp3) is 0.0833. The number of nitrogens with two attached hydrogens (primary N) is 1. The van der Waals surface area contributed by atoms with Crippen molar-refractivity contribution in [2.45, 2.75) is 6.61 Å². The molecule has 2 aromatic rings. The van der Waals surface area contributed by atoms with Gasteiger partial charge in [0.2, 0.25) is 5.95 Å². The first kappa shape index (κ1) is 13.7. The third-order valence-electron chi connectivity index (χ3n) is 2.40. The van der Waals surface area contributed by atoms with Crippen LogP contribution in [0.5, 0.6) is 5.75 Å². The van der Waals surface area contributed by atoms with Crippen molar-refractivity contribution in [3.63, 3.8) is 0 Å². The predicted octanol–water partition coefficient (Wildman–Crippen LogP) is 2.03. The smallest absolute Gasteiger partial charge is 0.387 e. The lowest BCUT2D eigenvalue weighted by Gasteiger charge is -2.11. The molecule has 0 atom stereocenters. The highest BCUT2D eigenvalue weighted by molar-refractivity contribution is 5.95. The van der Waals surface area contributed by atoms with E-state index < -0.39 is 12.6 Å². The molecule has 1 aromatic heterocycles. The fourth-order valence-electron chi connectivity index (χ4n) is 1.62. The van der Waals surface area contributed by atoms with Crippen LogP contribution < -0.4 is 10.5 Å². The molecule has 0 spiro atoms. The molecule has 8 heteroatoms. The number of halogens is 2. The van der Waals surface area contributed by atoms with Crippen molar-refractivity contribution < 1.29 is 23.4 Å². The normalized spacial score (nSPS) is 10.6. The van der Waals surface area contributed by atoms with Crippen LogP contribution in [0.15, 0.2) is 30.5 Å². The van der Waals surface area contributed by atoms with E-state index in [0.717, 1.165) is 6.20 Å². The van der Waals surface area contributed by atoms with Gasteiger partial charge in [0.25, 0.3) is 0 Å². The molecule has 0 aliphatic heterocycles. The summed E-state index contributed by atoms with van der Waals surface area (Å²) in [6, 6.07) is 5.71. The van der Waals surface area contributed by atoms with Gasteiger partial charge in [-0.05, 0) is 12.1 Å². The molecular formula is C12H9F2N3O3. The van der Waals surface area contributed by atoms with Crippen molar-refractivity contribution >= 4 is 11.9 Å². The van der Waals surface area contributed by atoms with Crippen molar-refractivity contribution in [2.75, 3.05) is 5.73 Å². The third kappa shape index (κ3) is 2.79. The summed E-state index contributed by atoms with van der Waals surface area (Å²) >= 11 is 0. The van der Waals surface area contributed by atoms with E-state index in [-0.39, 0.29) is 28.5 Å². The van der Waals surface area contributed by atoms with E-state index in [0.29, 0.717) is 0 Å². The molecule has 0 aliphatic rings. The Bertz CT molecular complexity index is 650. The zero-order valence-corrected chi connectivity index (χ0v) is 9.96. The minimum Gasteiger partial charge on any atom is -0.478 e. The maximum atomic E-state index is 12.4. The second-order valence-electron chi connectivity index (χ2n) is 3.67. The Morgan fingerprint density at radius 2 is 2.05 bits per heavy atom. The number of hydrogen-bond donors (Lipinski definition) is 2. The molecule has 1 heterocycles. The topological polar surface area (TPSA) is 98.3 Å². The average Bonchev–Trinajstić information content (AvgIpc) is 2.38. The first-order valence-electron chi connectivity index (χ1n) is 5.39. The molecule has 6 nitrogen and oxygen atoms in total. The van der Waals surface area contributed by atoms with E-state index in [1.807, 2.05) is 0 Å². The number of aromatic nitrogens is 2. The molecule has 0 aliphatic carbocycles. The van der Waals surface area contributed by atoms with Gasteiger partial charge in [0.1, 0.15) is 11.3 Å². The van der Waals surface area contributed by atoms with Crippen LogP contribution >= 0.6 is 0 Å². The molecule has 2 rings (SSSR count). The molecule has 0 amide bonds. The summed E-state index contributed by atoms with van der Waals surface area (Å²) in [5.74, 6) is -1.66. The van der Waals surface area contributed by atoms with Gasteiger partial charge in [-0.15, -0.1) is 0 Å². The lowest BCUT2D eigenvalue weighted by atomic mass is 10.1. The third-order valence-corrected chi connectivity index (χ3v) is 2.40. The van der Waals surface area contributed by atoms with Crippen LogP contribution in [-0.4, -0.2) is 27.7 Å². The first-order valence-corrected chi connectivity index (χ1v) is 5.39. The number of carboxylic acids is 1. The summed E-state index contributed by atoms with van der Waals surface area (Å²) < 4.78 is 29.1. The van der Waals surface area contributed by atoms with Crippen molar-refractivity contribution in [1.82, 2.24) is 9.97 Å². The summed E-state index contributed by atoms with van der Waals surface area (Å²) in [6.07, 6.45) is 1.01. The molecule has 1 aromatic carbocycles. The molecule has 0 saturated heterocycles. The maximum absolute atomic E-state index is 12.4. The number of carbonyl (C=O) groups is 1. The van der Waals surface area contributed by atoms with E-state index in [1.54, 1.807) is 0 Å². The fourth-order valence-corrected chi connectivity index (χ4v) is 1.62. The summed E-state index contributed by atoms with van der Waals surface area (Å²) in [6.45, 7) is -3.04. The number of nitrogens with zero attached hydrogens (tertiary/aromatic N) is 2. The average molecular weight is 281 g/mol. The molecular weight excluding hydrogens is 272 g/mol. The lowest BCUT2D eigenvalue weighted by Crippen LogP contribution is -2.08. The Morgan fingerprint density at radius 1 is 1.35 bits per heavy atom. The summed E-state index contributed by atoms with van der Waals surface area (Å²) in [5, 5.41) is 9.08. The van der Waals surface area contributed by atoms with Gasteiger partial charge in [0, 0.05) is 11.8 Å². The van der Waals surface area contributed by atoms with Crippen LogP contribution in [0.25, 0.3) is 11.3 Å². The number of anilines is 1. The highest BCUT2D eigenvalue weighted by atomic mass is 19.3. The maximum Gasteiger partial charge on any atom is 0.387 e. The molecule has 20 heavy (non-hydrogen) atoms. The van der Waals surface area contributed by atoms with Gasteiger partial charge in [-0.3, -0.25) is 0 Å². The zero-order valence-electron chi connectivity index (χ0n) is 9.96. The number of ether oxygens (including phenoxy) is 1. The molecule has 0 unspecified atom stereocenters. The second-order valence-corrected chi connectivity index (χ2v) is 3.67. The van der Waals surface area contributed by atoms with Gasteiger partial charge in [-0.25, -0.2) is 14.8 Å². The number of rotatable bonds is 4. The van der Waals surface area contributed by atoms with E-state index in [1.165, 1.54) is 24.3 Å². The van der Waals surface area contributed by atoms with E-state index in [2.05, 4.69) is 14.7 Å². The predicted molar refractivity (Wildman–Crippen MR) is 65.5 cm³/mol. The Morgan fingerprint density at radius 3 is 2.70 bits per heavy atom. The van der Waals surface area contributed by atoms with Crippen LogP contribution in [0.4, 0.5) is 14.7 Å². The standard InChI is InChI=1S/C12H9F2N3O3/c13-11(14)20-8-4-2-1-3-6(8)9-7(10(18)19)5-16-12(15)17-9/h1-5,11H,(H,18,19)(H2,15,16,17). The SMILES string of the molecule is Nc1ncc(C(=O)O)c(-c2ccccc2OC(F)F)n1. The number of hydrogen-bond acceptors (Lipinski definition) is 5. The van der Waals surface area contributed by atoms with Gasteiger partial charge < -0.3 is 15.6 Å². The Balaban J connectivity index is 2.62. The molecule has 3 N–H and O–H groups in total. The summed E-state index contributed by atoms with van der Waals surface area (Å²) in [4.78, 5) is 18.5. The molecule has 0 saturated carbocycles. The van der Waals surface area contributed by atoms with Crippen molar-refractivity contribution in [3.05, 3.63) is 36.0 Å². The Kier molecular flexibility index (Phi) is 3.74. The Labute approximate surface area is 111 Å². The van der Waals surface area contributed by atoms with Gasteiger partial charge in [-0.2, -0.15) is 8.78 Å². The van der Waals surface area contributed by atoms with E-state index >= 15 is 0 Å². The van der Waals surface area contributed by atoms with Crippen molar-refractivity contribution in [1.29, 1.82) is 0 Å². The van der Waals surface area contributed by atoms with Crippen molar-refractivity contribution in [3.8, 4) is 17.0 Å². The van der Waals surface area contributed by atoms with Gasteiger partial charge in [0.15, 0.2) is 0 Å². The second kappa shape index (κ2) is 5.47. The van der Waals surface area contributed by atoms with Crippen LogP contribution in [0.2, 0.25) is 0 Å².